The van der Waals surface area contributed by atoms with Crippen LogP contribution in [0.2, 0.25) is 0 Å². The van der Waals surface area contributed by atoms with E-state index in [2.05, 4.69) is 0 Å². The van der Waals surface area contributed by atoms with Gasteiger partial charge in [-0.2, -0.15) is 0 Å². The monoisotopic (exact) mass is 294 g/mol. The van der Waals surface area contributed by atoms with Crippen molar-refractivity contribution in [1.82, 2.24) is 0 Å². The summed E-state index contributed by atoms with van der Waals surface area (Å²) in [5, 5.41) is 0. The smallest absolute Gasteiger partial charge is 0.320 e. The highest BCUT2D eigenvalue weighted by Gasteiger charge is 2.35. The normalized spacial score (nSPS) is 11.9. The summed E-state index contributed by atoms with van der Waals surface area (Å²) in [6.45, 7) is 5.67. The Bertz CT molecular complexity index is 448. The van der Waals surface area contributed by atoms with Crippen molar-refractivity contribution in [2.24, 2.45) is 5.92 Å². The molecule has 0 aliphatic carbocycles. The SMILES string of the molecule is CCOC(=O)C(C(=O)OCC)[C@H](C)c1ccc(OC)cc1. The van der Waals surface area contributed by atoms with Crippen LogP contribution < -0.4 is 4.74 Å². The van der Waals surface area contributed by atoms with Gasteiger partial charge in [-0.25, -0.2) is 0 Å². The van der Waals surface area contributed by atoms with Crippen LogP contribution in [0.5, 0.6) is 5.75 Å². The summed E-state index contributed by atoms with van der Waals surface area (Å²) < 4.78 is 15.1. The molecule has 1 rings (SSSR count). The molecule has 0 saturated carbocycles. The van der Waals surface area contributed by atoms with E-state index in [1.165, 1.54) is 0 Å². The first-order valence-electron chi connectivity index (χ1n) is 7.02. The van der Waals surface area contributed by atoms with Gasteiger partial charge in [-0.3, -0.25) is 9.59 Å². The molecule has 0 N–H and O–H groups in total. The molecule has 1 aromatic rings. The second-order valence-electron chi connectivity index (χ2n) is 4.54. The van der Waals surface area contributed by atoms with Crippen LogP contribution in [-0.4, -0.2) is 32.3 Å². The molecule has 0 aliphatic heterocycles. The van der Waals surface area contributed by atoms with Crippen LogP contribution in [0.1, 0.15) is 32.3 Å². The van der Waals surface area contributed by atoms with Crippen molar-refractivity contribution in [2.45, 2.75) is 26.7 Å². The highest BCUT2D eigenvalue weighted by atomic mass is 16.6. The van der Waals surface area contributed by atoms with Gasteiger partial charge in [0.05, 0.1) is 20.3 Å². The maximum atomic E-state index is 12.0. The van der Waals surface area contributed by atoms with Gasteiger partial charge in [-0.05, 0) is 31.5 Å². The number of ether oxygens (including phenoxy) is 3. The summed E-state index contributed by atoms with van der Waals surface area (Å²) in [6, 6.07) is 7.24. The van der Waals surface area contributed by atoms with Crippen LogP contribution in [0.4, 0.5) is 0 Å². The maximum Gasteiger partial charge on any atom is 0.320 e. The van der Waals surface area contributed by atoms with Gasteiger partial charge in [0, 0.05) is 5.92 Å². The Kier molecular flexibility index (Phi) is 6.72. The van der Waals surface area contributed by atoms with Crippen molar-refractivity contribution < 1.29 is 23.8 Å². The topological polar surface area (TPSA) is 61.8 Å². The van der Waals surface area contributed by atoms with Crippen LogP contribution in [0.3, 0.4) is 0 Å². The Labute approximate surface area is 125 Å². The minimum Gasteiger partial charge on any atom is -0.497 e. The lowest BCUT2D eigenvalue weighted by atomic mass is 9.87. The van der Waals surface area contributed by atoms with E-state index in [9.17, 15) is 9.59 Å². The fourth-order valence-corrected chi connectivity index (χ4v) is 2.07. The Morgan fingerprint density at radius 1 is 1.00 bits per heavy atom. The molecule has 0 amide bonds. The van der Waals surface area contributed by atoms with Crippen molar-refractivity contribution in [2.75, 3.05) is 20.3 Å². The molecule has 0 aromatic heterocycles. The van der Waals surface area contributed by atoms with Crippen molar-refractivity contribution in [3.8, 4) is 5.75 Å². The third-order valence-corrected chi connectivity index (χ3v) is 3.22. The number of methoxy groups -OCH3 is 1. The van der Waals surface area contributed by atoms with Gasteiger partial charge in [0.2, 0.25) is 0 Å². The van der Waals surface area contributed by atoms with E-state index in [1.54, 1.807) is 40.0 Å². The standard InChI is InChI=1S/C16H22O5/c1-5-20-15(17)14(16(18)21-6-2)11(3)12-7-9-13(19-4)10-8-12/h7-11,14H,5-6H2,1-4H3/t11-/m1/s1. The summed E-state index contributed by atoms with van der Waals surface area (Å²) >= 11 is 0. The minimum atomic E-state index is -0.960. The van der Waals surface area contributed by atoms with Gasteiger partial charge in [0.15, 0.2) is 5.92 Å². The molecule has 0 saturated heterocycles. The molecule has 1 atom stereocenters. The van der Waals surface area contributed by atoms with Crippen LogP contribution >= 0.6 is 0 Å². The molecule has 1 aromatic carbocycles. The number of esters is 2. The van der Waals surface area contributed by atoms with E-state index in [1.807, 2.05) is 12.1 Å². The van der Waals surface area contributed by atoms with Crippen molar-refractivity contribution >= 4 is 11.9 Å². The third kappa shape index (κ3) is 4.48. The van der Waals surface area contributed by atoms with E-state index in [-0.39, 0.29) is 19.1 Å². The highest BCUT2D eigenvalue weighted by Crippen LogP contribution is 2.28. The minimum absolute atomic E-state index is 0.226. The lowest BCUT2D eigenvalue weighted by Crippen LogP contribution is -2.32. The van der Waals surface area contributed by atoms with E-state index in [4.69, 9.17) is 14.2 Å². The predicted molar refractivity (Wildman–Crippen MR) is 78.2 cm³/mol. The molecule has 5 nitrogen and oxygen atoms in total. The van der Waals surface area contributed by atoms with Gasteiger partial charge in [0.1, 0.15) is 5.75 Å². The molecular formula is C16H22O5. The Morgan fingerprint density at radius 2 is 1.48 bits per heavy atom. The molecule has 0 aliphatic rings. The Hall–Kier alpha value is -2.04. The highest BCUT2D eigenvalue weighted by molar-refractivity contribution is 5.96. The molecule has 0 radical (unpaired) electrons. The first-order valence-corrected chi connectivity index (χ1v) is 7.02. The number of benzene rings is 1. The van der Waals surface area contributed by atoms with Crippen molar-refractivity contribution in [3.63, 3.8) is 0 Å². The fraction of sp³-hybridized carbons (Fsp3) is 0.500. The quantitative estimate of drug-likeness (QED) is 0.571. The molecular weight excluding hydrogens is 272 g/mol. The molecule has 0 spiro atoms. The maximum absolute atomic E-state index is 12.0. The fourth-order valence-electron chi connectivity index (χ4n) is 2.07. The van der Waals surface area contributed by atoms with Gasteiger partial charge in [-0.15, -0.1) is 0 Å². The number of hydrogen-bond donors (Lipinski definition) is 0. The third-order valence-electron chi connectivity index (χ3n) is 3.22. The second-order valence-corrected chi connectivity index (χ2v) is 4.54. The second kappa shape index (κ2) is 8.29. The van der Waals surface area contributed by atoms with Crippen LogP contribution in [0, 0.1) is 5.92 Å². The predicted octanol–water partition coefficient (Wildman–Crippen LogP) is 2.54. The lowest BCUT2D eigenvalue weighted by Gasteiger charge is -2.21. The number of carbonyl (C=O) groups excluding carboxylic acids is 2. The molecule has 0 heterocycles. The molecule has 5 heteroatoms. The number of carbonyl (C=O) groups is 2. The van der Waals surface area contributed by atoms with Crippen LogP contribution in [0.15, 0.2) is 24.3 Å². The summed E-state index contributed by atoms with van der Waals surface area (Å²) in [5.41, 5.74) is 0.849. The summed E-state index contributed by atoms with van der Waals surface area (Å²) in [4.78, 5) is 24.1. The number of hydrogen-bond acceptors (Lipinski definition) is 5. The zero-order valence-corrected chi connectivity index (χ0v) is 12.9. The van der Waals surface area contributed by atoms with Gasteiger partial charge < -0.3 is 14.2 Å². The first-order chi connectivity index (χ1) is 10.0. The average Bonchev–Trinajstić information content (AvgIpc) is 2.48. The van der Waals surface area contributed by atoms with Gasteiger partial charge >= 0.3 is 11.9 Å². The molecule has 21 heavy (non-hydrogen) atoms. The van der Waals surface area contributed by atoms with Crippen LogP contribution in [-0.2, 0) is 19.1 Å². The first kappa shape index (κ1) is 17.0. The van der Waals surface area contributed by atoms with Gasteiger partial charge in [-0.1, -0.05) is 19.1 Å². The average molecular weight is 294 g/mol. The Balaban J connectivity index is 2.99. The van der Waals surface area contributed by atoms with Crippen LogP contribution in [0.25, 0.3) is 0 Å². The van der Waals surface area contributed by atoms with E-state index in [0.717, 1.165) is 11.3 Å². The van der Waals surface area contributed by atoms with E-state index >= 15 is 0 Å². The van der Waals surface area contributed by atoms with Crippen molar-refractivity contribution in [1.29, 1.82) is 0 Å². The molecule has 0 unspecified atom stereocenters. The lowest BCUT2D eigenvalue weighted by molar-refractivity contribution is -0.162. The summed E-state index contributed by atoms with van der Waals surface area (Å²) in [5.74, 6) is -1.69. The van der Waals surface area contributed by atoms with Crippen molar-refractivity contribution in [3.05, 3.63) is 29.8 Å². The zero-order valence-electron chi connectivity index (χ0n) is 12.9. The summed E-state index contributed by atoms with van der Waals surface area (Å²) in [6.07, 6.45) is 0. The molecule has 0 bridgehead atoms. The molecule has 116 valence electrons. The largest absolute Gasteiger partial charge is 0.497 e. The van der Waals surface area contributed by atoms with E-state index < -0.39 is 17.9 Å². The Morgan fingerprint density at radius 3 is 1.86 bits per heavy atom. The number of rotatable bonds is 7. The summed E-state index contributed by atoms with van der Waals surface area (Å²) in [7, 11) is 1.58. The van der Waals surface area contributed by atoms with E-state index in [0.29, 0.717) is 0 Å². The van der Waals surface area contributed by atoms with Gasteiger partial charge in [0.25, 0.3) is 0 Å². The zero-order chi connectivity index (χ0) is 15.8. The molecule has 0 fully saturated rings.